The van der Waals surface area contributed by atoms with Crippen LogP contribution in [-0.2, 0) is 21.2 Å². The van der Waals surface area contributed by atoms with E-state index in [1.807, 2.05) is 19.1 Å². The van der Waals surface area contributed by atoms with Crippen molar-refractivity contribution in [1.82, 2.24) is 0 Å². The van der Waals surface area contributed by atoms with Gasteiger partial charge in [-0.25, -0.2) is 8.42 Å². The number of carboxylic acids is 1. The van der Waals surface area contributed by atoms with E-state index in [-0.39, 0.29) is 11.3 Å². The Kier molecular flexibility index (Phi) is 5.32. The molecule has 7 heteroatoms. The number of ether oxygens (including phenoxy) is 1. The summed E-state index contributed by atoms with van der Waals surface area (Å²) in [6.07, 6.45) is -0.226. The van der Waals surface area contributed by atoms with E-state index in [4.69, 9.17) is 4.74 Å². The van der Waals surface area contributed by atoms with E-state index < -0.39 is 16.0 Å². The van der Waals surface area contributed by atoms with Gasteiger partial charge < -0.3 is 14.6 Å². The molecule has 3 aromatic carbocycles. The van der Waals surface area contributed by atoms with Crippen molar-refractivity contribution in [1.29, 1.82) is 0 Å². The first kappa shape index (κ1) is 18.7. The molecule has 0 unspecified atom stereocenters. The Morgan fingerprint density at radius 2 is 1.67 bits per heavy atom. The second kappa shape index (κ2) is 7.67. The summed E-state index contributed by atoms with van der Waals surface area (Å²) in [5, 5.41) is 11.9. The molecular formula is C20H18NO5S-. The highest BCUT2D eigenvalue weighted by Gasteiger charge is 2.19. The van der Waals surface area contributed by atoms with Crippen molar-refractivity contribution in [3.05, 3.63) is 66.2 Å². The van der Waals surface area contributed by atoms with Gasteiger partial charge in [-0.3, -0.25) is 4.72 Å². The fourth-order valence-electron chi connectivity index (χ4n) is 2.83. The van der Waals surface area contributed by atoms with Crippen LogP contribution >= 0.6 is 0 Å². The van der Waals surface area contributed by atoms with Crippen LogP contribution in [0.15, 0.2) is 65.6 Å². The van der Waals surface area contributed by atoms with Gasteiger partial charge in [-0.2, -0.15) is 0 Å². The van der Waals surface area contributed by atoms with Crippen LogP contribution in [-0.4, -0.2) is 21.0 Å². The molecule has 0 heterocycles. The maximum Gasteiger partial charge on any atom is 0.262 e. The van der Waals surface area contributed by atoms with E-state index >= 15 is 0 Å². The Bertz CT molecular complexity index is 1080. The quantitative estimate of drug-likeness (QED) is 0.674. The molecule has 6 nitrogen and oxygen atoms in total. The zero-order chi connectivity index (χ0) is 19.4. The molecule has 140 valence electrons. The SMILES string of the molecule is CCOc1ccc(S(=O)(=O)Nc2ccc(CC(=O)[O-])cc2)c2ccccc12. The number of rotatable bonds is 7. The Hall–Kier alpha value is -3.06. The van der Waals surface area contributed by atoms with E-state index in [1.165, 1.54) is 18.2 Å². The summed E-state index contributed by atoms with van der Waals surface area (Å²) in [5.41, 5.74) is 0.875. The van der Waals surface area contributed by atoms with Crippen LogP contribution < -0.4 is 14.6 Å². The molecule has 0 fully saturated rings. The Morgan fingerprint density at radius 3 is 2.30 bits per heavy atom. The van der Waals surface area contributed by atoms with E-state index in [0.717, 1.165) is 0 Å². The smallest absolute Gasteiger partial charge is 0.262 e. The first-order valence-electron chi connectivity index (χ1n) is 8.37. The van der Waals surface area contributed by atoms with Gasteiger partial charge in [-0.05, 0) is 36.8 Å². The average molecular weight is 384 g/mol. The standard InChI is InChI=1S/C20H19NO5S/c1-2-26-18-11-12-19(17-6-4-3-5-16(17)18)27(24,25)21-15-9-7-14(8-10-15)13-20(22)23/h3-12,21H,2,13H2,1H3,(H,22,23)/p-1. The highest BCUT2D eigenvalue weighted by Crippen LogP contribution is 2.32. The summed E-state index contributed by atoms with van der Waals surface area (Å²) in [6, 6.07) is 16.4. The van der Waals surface area contributed by atoms with Crippen molar-refractivity contribution in [2.24, 2.45) is 0 Å². The molecule has 0 saturated heterocycles. The molecule has 0 amide bonds. The number of carbonyl (C=O) groups is 1. The molecule has 0 spiro atoms. The van der Waals surface area contributed by atoms with E-state index in [9.17, 15) is 18.3 Å². The van der Waals surface area contributed by atoms with Gasteiger partial charge in [0.2, 0.25) is 0 Å². The van der Waals surface area contributed by atoms with Gasteiger partial charge in [-0.1, -0.05) is 36.4 Å². The van der Waals surface area contributed by atoms with Crippen LogP contribution in [0.4, 0.5) is 5.69 Å². The third-order valence-corrected chi connectivity index (χ3v) is 5.43. The van der Waals surface area contributed by atoms with Gasteiger partial charge >= 0.3 is 0 Å². The number of carboxylic acid groups (broad SMARTS) is 1. The number of anilines is 1. The maximum atomic E-state index is 12.9. The topological polar surface area (TPSA) is 95.5 Å². The predicted octanol–water partition coefficient (Wildman–Crippen LogP) is 2.33. The third kappa shape index (κ3) is 4.20. The number of hydrogen-bond acceptors (Lipinski definition) is 5. The van der Waals surface area contributed by atoms with Crippen LogP contribution in [0.2, 0.25) is 0 Å². The lowest BCUT2D eigenvalue weighted by atomic mass is 10.1. The van der Waals surface area contributed by atoms with Crippen LogP contribution in [0.5, 0.6) is 5.75 Å². The van der Waals surface area contributed by atoms with Gasteiger partial charge in [0.15, 0.2) is 0 Å². The number of sulfonamides is 1. The zero-order valence-electron chi connectivity index (χ0n) is 14.6. The van der Waals surface area contributed by atoms with Gasteiger partial charge in [0, 0.05) is 28.8 Å². The molecule has 0 aliphatic rings. The molecule has 0 aliphatic heterocycles. The lowest BCUT2D eigenvalue weighted by molar-refractivity contribution is -0.304. The number of nitrogens with one attached hydrogen (secondary N) is 1. The van der Waals surface area contributed by atoms with E-state index in [1.54, 1.807) is 30.3 Å². The van der Waals surface area contributed by atoms with E-state index in [2.05, 4.69) is 4.72 Å². The minimum atomic E-state index is -3.84. The van der Waals surface area contributed by atoms with Gasteiger partial charge in [0.1, 0.15) is 5.75 Å². The Balaban J connectivity index is 1.95. The summed E-state index contributed by atoms with van der Waals surface area (Å²) >= 11 is 0. The number of benzene rings is 3. The number of fused-ring (bicyclic) bond motifs is 1. The highest BCUT2D eigenvalue weighted by atomic mass is 32.2. The van der Waals surface area contributed by atoms with Crippen molar-refractivity contribution in [2.75, 3.05) is 11.3 Å². The molecule has 0 radical (unpaired) electrons. The van der Waals surface area contributed by atoms with Crippen LogP contribution in [0.1, 0.15) is 12.5 Å². The van der Waals surface area contributed by atoms with Gasteiger partial charge in [0.05, 0.1) is 11.5 Å². The van der Waals surface area contributed by atoms with Crippen molar-refractivity contribution >= 4 is 32.5 Å². The Morgan fingerprint density at radius 1 is 1.00 bits per heavy atom. The molecule has 3 aromatic rings. The third-order valence-electron chi connectivity index (χ3n) is 3.99. The molecule has 27 heavy (non-hydrogen) atoms. The summed E-state index contributed by atoms with van der Waals surface area (Å²) in [6.45, 7) is 2.34. The predicted molar refractivity (Wildman–Crippen MR) is 101 cm³/mol. The van der Waals surface area contributed by atoms with Crippen molar-refractivity contribution in [3.8, 4) is 5.75 Å². The number of aliphatic carboxylic acids is 1. The average Bonchev–Trinajstić information content (AvgIpc) is 2.63. The summed E-state index contributed by atoms with van der Waals surface area (Å²) in [7, 11) is -3.84. The molecule has 1 N–H and O–H groups in total. The first-order chi connectivity index (χ1) is 12.9. The summed E-state index contributed by atoms with van der Waals surface area (Å²) in [5.74, 6) is -0.567. The van der Waals surface area contributed by atoms with Crippen LogP contribution in [0, 0.1) is 0 Å². The largest absolute Gasteiger partial charge is 0.550 e. The molecule has 0 saturated carbocycles. The van der Waals surface area contributed by atoms with E-state index in [0.29, 0.717) is 34.4 Å². The number of carbonyl (C=O) groups excluding carboxylic acids is 1. The fraction of sp³-hybridized carbons (Fsp3) is 0.150. The van der Waals surface area contributed by atoms with Crippen LogP contribution in [0.25, 0.3) is 10.8 Å². The monoisotopic (exact) mass is 384 g/mol. The highest BCUT2D eigenvalue weighted by molar-refractivity contribution is 7.93. The lowest BCUT2D eigenvalue weighted by Gasteiger charge is -2.14. The minimum Gasteiger partial charge on any atom is -0.550 e. The lowest BCUT2D eigenvalue weighted by Crippen LogP contribution is -2.24. The normalized spacial score (nSPS) is 11.3. The second-order valence-electron chi connectivity index (χ2n) is 5.89. The molecule has 3 rings (SSSR count). The molecule has 0 aromatic heterocycles. The van der Waals surface area contributed by atoms with Crippen LogP contribution in [0.3, 0.4) is 0 Å². The molecule has 0 bridgehead atoms. The Labute approximate surface area is 157 Å². The minimum absolute atomic E-state index is 0.139. The first-order valence-corrected chi connectivity index (χ1v) is 9.85. The van der Waals surface area contributed by atoms with Crippen molar-refractivity contribution in [2.45, 2.75) is 18.2 Å². The zero-order valence-corrected chi connectivity index (χ0v) is 15.5. The molecule has 0 aliphatic carbocycles. The van der Waals surface area contributed by atoms with Crippen molar-refractivity contribution in [3.63, 3.8) is 0 Å². The summed E-state index contributed by atoms with van der Waals surface area (Å²) < 4.78 is 33.9. The van der Waals surface area contributed by atoms with Gasteiger partial charge in [0.25, 0.3) is 10.0 Å². The molecular weight excluding hydrogens is 366 g/mol. The second-order valence-corrected chi connectivity index (χ2v) is 7.54. The fourth-order valence-corrected chi connectivity index (χ4v) is 4.10. The maximum absolute atomic E-state index is 12.9. The number of hydrogen-bond donors (Lipinski definition) is 1. The summed E-state index contributed by atoms with van der Waals surface area (Å²) in [4.78, 5) is 10.8. The van der Waals surface area contributed by atoms with Crippen molar-refractivity contribution < 1.29 is 23.1 Å². The molecule has 0 atom stereocenters. The van der Waals surface area contributed by atoms with Gasteiger partial charge in [-0.15, -0.1) is 0 Å².